The van der Waals surface area contributed by atoms with Crippen molar-refractivity contribution in [3.05, 3.63) is 461 Å². The molecule has 0 radical (unpaired) electrons. The third-order valence-electron chi connectivity index (χ3n) is 28.4. The zero-order chi connectivity index (χ0) is 87.7. The number of aromatic nitrogens is 8. The van der Waals surface area contributed by atoms with Gasteiger partial charge in [0.1, 0.15) is 0 Å². The fraction of sp³-hybridized carbons (Fsp3) is 0. The molecular weight excluding hydrogens is 1630 g/mol. The van der Waals surface area contributed by atoms with E-state index in [9.17, 15) is 0 Å². The molecule has 0 fully saturated rings. The molecule has 134 heavy (non-hydrogen) atoms. The van der Waals surface area contributed by atoms with E-state index in [4.69, 9.17) is 0 Å². The van der Waals surface area contributed by atoms with Gasteiger partial charge in [-0.1, -0.05) is 370 Å². The molecule has 624 valence electrons. The summed E-state index contributed by atoms with van der Waals surface area (Å²) in [6, 6.07) is 166. The van der Waals surface area contributed by atoms with Gasteiger partial charge in [-0.05, 0) is 118 Å². The van der Waals surface area contributed by atoms with E-state index in [1.54, 1.807) is 0 Å². The number of para-hydroxylation sites is 9. The van der Waals surface area contributed by atoms with Gasteiger partial charge < -0.3 is 38.2 Å². The Labute approximate surface area is 766 Å². The predicted octanol–water partition coefficient (Wildman–Crippen LogP) is 34.3. The van der Waals surface area contributed by atoms with Crippen molar-refractivity contribution in [1.29, 1.82) is 0 Å². The number of benzene rings is 23. The highest BCUT2D eigenvalue weighted by atomic mass is 15.0. The Morgan fingerprint density at radius 2 is 0.403 bits per heavy atom. The Kier molecular flexibility index (Phi) is 16.7. The first-order valence-corrected chi connectivity index (χ1v) is 46.1. The van der Waals surface area contributed by atoms with Gasteiger partial charge in [0.05, 0.1) is 71.9 Å². The number of H-pyrrole nitrogens is 4. The standard InChI is InChI=1S/C34H22N2.2C32H20N2.C28H18N2/c1-2-10-22(11-3-1)23-18-20-24(21-19-23)36-30-17-9-7-15-28(30)32-31-27-14-6-8-16-29(27)35-33(31)25-12-4-5-13-26(25)34(32)36;1-2-12-21-20(10-1)11-9-19-27(21)34-28-18-8-6-16-25(28)30-29-24-15-5-7-17-26(24)33-31(29)22-13-3-4-14-23(22)32(30)34;1-2-10-21-19-22(18-17-20(21)9-1)34-28-16-8-6-14-26(28)30-29-25-13-5-7-15-27(25)33-31(29)23-11-3-4-12-24(23)32(30)34;1-2-10-18(11-3-1)30-24-17-9-7-15-22(24)26-25-21-14-6-8-16-23(21)29-27(25)19-12-4-5-13-20(19)28(26)30/h1-21,35H;2*1-19,33H;1-17,29H. The van der Waals surface area contributed by atoms with Crippen LogP contribution in [-0.2, 0) is 0 Å². The molecule has 4 N–H and O–H groups in total. The van der Waals surface area contributed by atoms with Gasteiger partial charge in [0.2, 0.25) is 0 Å². The Hall–Kier alpha value is -18.0. The number of hydrogen-bond acceptors (Lipinski definition) is 0. The van der Waals surface area contributed by atoms with E-state index in [0.717, 1.165) is 0 Å². The van der Waals surface area contributed by atoms with Crippen molar-refractivity contribution >= 4 is 239 Å². The molecule has 8 aromatic heterocycles. The molecule has 0 bridgehead atoms. The van der Waals surface area contributed by atoms with Gasteiger partial charge >= 0.3 is 0 Å². The summed E-state index contributed by atoms with van der Waals surface area (Å²) in [6.07, 6.45) is 0. The van der Waals surface area contributed by atoms with Crippen molar-refractivity contribution in [2.45, 2.75) is 0 Å². The lowest BCUT2D eigenvalue weighted by Crippen LogP contribution is -1.96. The van der Waals surface area contributed by atoms with Crippen molar-refractivity contribution < 1.29 is 0 Å². The summed E-state index contributed by atoms with van der Waals surface area (Å²) >= 11 is 0. The van der Waals surface area contributed by atoms with Crippen molar-refractivity contribution in [3.8, 4) is 33.9 Å². The van der Waals surface area contributed by atoms with Gasteiger partial charge in [-0.15, -0.1) is 0 Å². The van der Waals surface area contributed by atoms with Crippen LogP contribution in [0.1, 0.15) is 0 Å². The number of fused-ring (bicyclic) bond motifs is 42. The van der Waals surface area contributed by atoms with Crippen molar-refractivity contribution in [2.24, 2.45) is 0 Å². The molecule has 0 aliphatic rings. The first kappa shape index (κ1) is 75.0. The molecule has 31 rings (SSSR count). The zero-order valence-corrected chi connectivity index (χ0v) is 72.7. The van der Waals surface area contributed by atoms with Crippen LogP contribution in [0.5, 0.6) is 0 Å². The van der Waals surface area contributed by atoms with E-state index in [1.807, 2.05) is 0 Å². The molecule has 31 aromatic rings. The molecule has 0 aliphatic carbocycles. The van der Waals surface area contributed by atoms with Crippen LogP contribution in [-0.4, -0.2) is 38.2 Å². The molecule has 0 saturated heterocycles. The van der Waals surface area contributed by atoms with Crippen LogP contribution in [0.4, 0.5) is 0 Å². The second-order valence-corrected chi connectivity index (χ2v) is 35.4. The second-order valence-electron chi connectivity index (χ2n) is 35.4. The summed E-state index contributed by atoms with van der Waals surface area (Å²) in [6.45, 7) is 0. The minimum absolute atomic E-state index is 1.17. The van der Waals surface area contributed by atoms with Crippen molar-refractivity contribution in [3.63, 3.8) is 0 Å². The Morgan fingerprint density at radius 3 is 0.799 bits per heavy atom. The molecule has 0 unspecified atom stereocenters. The largest absolute Gasteiger partial charge is 0.354 e. The first-order valence-electron chi connectivity index (χ1n) is 46.1. The van der Waals surface area contributed by atoms with Gasteiger partial charge in [-0.25, -0.2) is 0 Å². The lowest BCUT2D eigenvalue weighted by molar-refractivity contribution is 1.19. The summed E-state index contributed by atoms with van der Waals surface area (Å²) < 4.78 is 9.81. The molecule has 8 heterocycles. The van der Waals surface area contributed by atoms with Crippen LogP contribution in [0.3, 0.4) is 0 Å². The minimum Gasteiger partial charge on any atom is -0.354 e. The topological polar surface area (TPSA) is 82.9 Å². The Bertz CT molecular complexity index is 10300. The predicted molar refractivity (Wildman–Crippen MR) is 571 cm³/mol. The summed E-state index contributed by atoms with van der Waals surface area (Å²) in [5.74, 6) is 0. The number of nitrogens with zero attached hydrogens (tertiary/aromatic N) is 4. The summed E-state index contributed by atoms with van der Waals surface area (Å²) in [5, 5.41) is 35.8. The normalized spacial score (nSPS) is 12.0. The van der Waals surface area contributed by atoms with E-state index in [-0.39, 0.29) is 0 Å². The number of nitrogens with one attached hydrogen (secondary N) is 4. The van der Waals surface area contributed by atoms with E-state index >= 15 is 0 Å². The summed E-state index contributed by atoms with van der Waals surface area (Å²) in [4.78, 5) is 14.9. The molecule has 0 spiro atoms. The molecule has 0 aliphatic heterocycles. The summed E-state index contributed by atoms with van der Waals surface area (Å²) in [7, 11) is 0. The zero-order valence-electron chi connectivity index (χ0n) is 72.7. The highest BCUT2D eigenvalue weighted by Crippen LogP contribution is 2.51. The van der Waals surface area contributed by atoms with Gasteiger partial charge in [-0.2, -0.15) is 0 Å². The monoisotopic (exact) mass is 1700 g/mol. The Balaban J connectivity index is 0.0000000891. The lowest BCUT2D eigenvalue weighted by Gasteiger charge is -2.13. The maximum absolute atomic E-state index is 3.75. The Morgan fingerprint density at radius 1 is 0.142 bits per heavy atom. The van der Waals surface area contributed by atoms with Crippen molar-refractivity contribution in [1.82, 2.24) is 38.2 Å². The quantitative estimate of drug-likeness (QED) is 0.132. The van der Waals surface area contributed by atoms with E-state index in [0.29, 0.717) is 0 Å². The smallest absolute Gasteiger partial charge is 0.0627 e. The molecule has 8 heteroatoms. The van der Waals surface area contributed by atoms with Crippen LogP contribution in [0, 0.1) is 0 Å². The maximum Gasteiger partial charge on any atom is 0.0627 e. The van der Waals surface area contributed by atoms with Crippen LogP contribution >= 0.6 is 0 Å². The molecule has 0 atom stereocenters. The van der Waals surface area contributed by atoms with Gasteiger partial charge in [0, 0.05) is 174 Å². The number of aromatic amines is 4. The molecule has 0 amide bonds. The fourth-order valence-corrected chi connectivity index (χ4v) is 22.8. The second kappa shape index (κ2) is 29.8. The average molecular weight is 1710 g/mol. The van der Waals surface area contributed by atoms with E-state index in [1.165, 1.54) is 273 Å². The molecule has 0 saturated carbocycles. The third-order valence-corrected chi connectivity index (χ3v) is 28.4. The number of hydrogen-bond donors (Lipinski definition) is 4. The van der Waals surface area contributed by atoms with Crippen LogP contribution in [0.25, 0.3) is 273 Å². The molecular formula is C126H80N8. The number of rotatable bonds is 5. The minimum atomic E-state index is 1.17. The van der Waals surface area contributed by atoms with Gasteiger partial charge in [0.25, 0.3) is 0 Å². The van der Waals surface area contributed by atoms with Crippen LogP contribution in [0.2, 0.25) is 0 Å². The molecule has 23 aromatic carbocycles. The van der Waals surface area contributed by atoms with Gasteiger partial charge in [-0.3, -0.25) is 0 Å². The fourth-order valence-electron chi connectivity index (χ4n) is 22.8. The summed E-state index contributed by atoms with van der Waals surface area (Å²) in [5.41, 5.74) is 26.8. The van der Waals surface area contributed by atoms with Crippen LogP contribution < -0.4 is 0 Å². The van der Waals surface area contributed by atoms with E-state index in [2.05, 4.69) is 499 Å². The SMILES string of the molecule is c1ccc(-c2ccc(-n3c4ccccc4c4c5c6ccccc6[nH]c5c5ccccc5c43)cc2)cc1.c1ccc(-n2c3ccccc3c3c4c5ccccc5[nH]c4c4ccccc4c32)cc1.c1ccc2c(-n3c4ccccc4c4c5c6ccccc6[nH]c5c5ccccc5c43)cccc2c1.c1ccc2cc(-n3c4ccccc4c4c5c6ccccc6[nH]c5c5ccccc5c43)ccc2c1. The van der Waals surface area contributed by atoms with Crippen LogP contribution in [0.15, 0.2) is 461 Å². The first-order chi connectivity index (χ1) is 66.6. The maximum atomic E-state index is 3.75. The van der Waals surface area contributed by atoms with Gasteiger partial charge in [0.15, 0.2) is 0 Å². The highest BCUT2D eigenvalue weighted by molar-refractivity contribution is 6.41. The van der Waals surface area contributed by atoms with E-state index < -0.39 is 0 Å². The molecule has 8 nitrogen and oxygen atoms in total. The average Bonchev–Trinajstić information content (AvgIpc) is 1.55. The van der Waals surface area contributed by atoms with Crippen molar-refractivity contribution in [2.75, 3.05) is 0 Å². The highest BCUT2D eigenvalue weighted by Gasteiger charge is 2.28. The lowest BCUT2D eigenvalue weighted by atomic mass is 9.99. The third kappa shape index (κ3) is 11.2.